The molecule has 7 heteroatoms. The maximum Gasteiger partial charge on any atom is 0.303 e. The Hall–Kier alpha value is -2.70. The Morgan fingerprint density at radius 1 is 1.24 bits per heavy atom. The Morgan fingerprint density at radius 2 is 2.05 bits per heavy atom. The Balaban J connectivity index is 1.86. The molecule has 21 heavy (non-hydrogen) atoms. The van der Waals surface area contributed by atoms with Crippen molar-refractivity contribution in [2.24, 2.45) is 0 Å². The third kappa shape index (κ3) is 4.72. The fourth-order valence-electron chi connectivity index (χ4n) is 1.87. The maximum absolute atomic E-state index is 11.8. The van der Waals surface area contributed by atoms with Crippen LogP contribution in [0.3, 0.4) is 0 Å². The number of rotatable bonds is 7. The van der Waals surface area contributed by atoms with E-state index in [2.05, 4.69) is 20.5 Å². The van der Waals surface area contributed by atoms with Crippen molar-refractivity contribution in [3.8, 4) is 11.4 Å². The van der Waals surface area contributed by atoms with E-state index in [1.165, 1.54) is 6.33 Å². The topological polar surface area (TPSA) is 108 Å². The molecule has 1 heterocycles. The van der Waals surface area contributed by atoms with Crippen molar-refractivity contribution in [3.05, 3.63) is 30.6 Å². The lowest BCUT2D eigenvalue weighted by Gasteiger charge is -2.06. The standard InChI is InChI=1S/C14H16N4O3/c19-12(6-1-2-7-13(20)21)17-11-5-3-4-10(8-11)14-15-9-16-18-14/h3-5,8-9H,1-2,6-7H2,(H,17,19)(H,20,21)(H,15,16,18). The Kier molecular flexibility index (Phi) is 5.03. The average molecular weight is 288 g/mol. The fourth-order valence-corrected chi connectivity index (χ4v) is 1.87. The molecule has 2 aromatic rings. The molecule has 0 atom stereocenters. The monoisotopic (exact) mass is 288 g/mol. The molecule has 0 aliphatic heterocycles. The molecule has 0 aliphatic carbocycles. The molecule has 0 radical (unpaired) electrons. The number of unbranched alkanes of at least 4 members (excludes halogenated alkanes) is 1. The van der Waals surface area contributed by atoms with Crippen LogP contribution in [0.5, 0.6) is 0 Å². The summed E-state index contributed by atoms with van der Waals surface area (Å²) in [4.78, 5) is 26.2. The van der Waals surface area contributed by atoms with Crippen LogP contribution < -0.4 is 5.32 Å². The zero-order chi connectivity index (χ0) is 15.1. The van der Waals surface area contributed by atoms with Crippen molar-refractivity contribution >= 4 is 17.6 Å². The van der Waals surface area contributed by atoms with Gasteiger partial charge in [0.2, 0.25) is 5.91 Å². The summed E-state index contributed by atoms with van der Waals surface area (Å²) in [6.07, 6.45) is 2.87. The van der Waals surface area contributed by atoms with E-state index in [4.69, 9.17) is 5.11 Å². The molecule has 1 aromatic heterocycles. The number of aromatic amines is 1. The molecule has 0 saturated carbocycles. The third-order valence-corrected chi connectivity index (χ3v) is 2.88. The van der Waals surface area contributed by atoms with E-state index >= 15 is 0 Å². The highest BCUT2D eigenvalue weighted by atomic mass is 16.4. The lowest BCUT2D eigenvalue weighted by Crippen LogP contribution is -2.11. The molecule has 7 nitrogen and oxygen atoms in total. The van der Waals surface area contributed by atoms with Crippen LogP contribution in [-0.4, -0.2) is 32.2 Å². The quantitative estimate of drug-likeness (QED) is 0.676. The molecule has 0 unspecified atom stereocenters. The molecule has 1 amide bonds. The number of hydrogen-bond donors (Lipinski definition) is 3. The van der Waals surface area contributed by atoms with Crippen molar-refractivity contribution < 1.29 is 14.7 Å². The molecule has 0 aliphatic rings. The van der Waals surface area contributed by atoms with Crippen LogP contribution in [0.2, 0.25) is 0 Å². The van der Waals surface area contributed by atoms with Crippen molar-refractivity contribution in [3.63, 3.8) is 0 Å². The molecule has 0 saturated heterocycles. The van der Waals surface area contributed by atoms with E-state index in [-0.39, 0.29) is 12.3 Å². The summed E-state index contributed by atoms with van der Waals surface area (Å²) in [7, 11) is 0. The second-order valence-electron chi connectivity index (χ2n) is 4.56. The number of carboxylic acids is 1. The van der Waals surface area contributed by atoms with E-state index < -0.39 is 5.97 Å². The molecule has 1 aromatic carbocycles. The second kappa shape index (κ2) is 7.18. The number of aliphatic carboxylic acids is 1. The Morgan fingerprint density at radius 3 is 2.76 bits per heavy atom. The normalized spacial score (nSPS) is 10.3. The smallest absolute Gasteiger partial charge is 0.303 e. The summed E-state index contributed by atoms with van der Waals surface area (Å²) in [6, 6.07) is 7.27. The van der Waals surface area contributed by atoms with Gasteiger partial charge < -0.3 is 10.4 Å². The highest BCUT2D eigenvalue weighted by Crippen LogP contribution is 2.18. The number of carbonyl (C=O) groups is 2. The third-order valence-electron chi connectivity index (χ3n) is 2.88. The molecular formula is C14H16N4O3. The number of carboxylic acid groups (broad SMARTS) is 1. The lowest BCUT2D eigenvalue weighted by molar-refractivity contribution is -0.137. The second-order valence-corrected chi connectivity index (χ2v) is 4.56. The van der Waals surface area contributed by atoms with E-state index in [0.717, 1.165) is 5.56 Å². The number of aromatic nitrogens is 3. The van der Waals surface area contributed by atoms with Gasteiger partial charge in [-0.25, -0.2) is 4.98 Å². The highest BCUT2D eigenvalue weighted by molar-refractivity contribution is 5.91. The zero-order valence-corrected chi connectivity index (χ0v) is 11.4. The first-order chi connectivity index (χ1) is 10.1. The molecule has 0 fully saturated rings. The van der Waals surface area contributed by atoms with Crippen LogP contribution in [0.1, 0.15) is 25.7 Å². The van der Waals surface area contributed by atoms with Gasteiger partial charge in [-0.1, -0.05) is 12.1 Å². The van der Waals surface area contributed by atoms with Gasteiger partial charge in [-0.05, 0) is 25.0 Å². The highest BCUT2D eigenvalue weighted by Gasteiger charge is 2.06. The fraction of sp³-hybridized carbons (Fsp3) is 0.286. The van der Waals surface area contributed by atoms with E-state index in [0.29, 0.717) is 30.8 Å². The van der Waals surface area contributed by atoms with Gasteiger partial charge in [0, 0.05) is 24.1 Å². The average Bonchev–Trinajstić information content (AvgIpc) is 2.98. The number of H-pyrrole nitrogens is 1. The lowest BCUT2D eigenvalue weighted by atomic mass is 10.1. The van der Waals surface area contributed by atoms with E-state index in [1.54, 1.807) is 12.1 Å². The van der Waals surface area contributed by atoms with Crippen LogP contribution in [0.4, 0.5) is 5.69 Å². The molecule has 0 bridgehead atoms. The van der Waals surface area contributed by atoms with Gasteiger partial charge in [0.25, 0.3) is 0 Å². The predicted octanol–water partition coefficient (Wildman–Crippen LogP) is 2.06. The van der Waals surface area contributed by atoms with E-state index in [9.17, 15) is 9.59 Å². The number of hydrogen-bond acceptors (Lipinski definition) is 4. The number of nitrogens with zero attached hydrogens (tertiary/aromatic N) is 2. The first-order valence-corrected chi connectivity index (χ1v) is 6.62. The van der Waals surface area contributed by atoms with Gasteiger partial charge in [0.1, 0.15) is 6.33 Å². The minimum absolute atomic E-state index is 0.0915. The Labute approximate surface area is 121 Å². The van der Waals surface area contributed by atoms with Crippen molar-refractivity contribution in [2.75, 3.05) is 5.32 Å². The van der Waals surface area contributed by atoms with Gasteiger partial charge in [-0.15, -0.1) is 0 Å². The minimum atomic E-state index is -0.838. The molecular weight excluding hydrogens is 272 g/mol. The summed E-state index contributed by atoms with van der Waals surface area (Å²) in [5, 5.41) is 17.8. The Bertz CT molecular complexity index is 610. The number of benzene rings is 1. The van der Waals surface area contributed by atoms with Crippen molar-refractivity contribution in [1.29, 1.82) is 0 Å². The van der Waals surface area contributed by atoms with Crippen LogP contribution in [0.25, 0.3) is 11.4 Å². The summed E-state index contributed by atoms with van der Waals surface area (Å²) < 4.78 is 0. The first-order valence-electron chi connectivity index (χ1n) is 6.62. The van der Waals surface area contributed by atoms with Gasteiger partial charge in [0.15, 0.2) is 5.82 Å². The SMILES string of the molecule is O=C(O)CCCCC(=O)Nc1cccc(-c2ncn[nH]2)c1. The van der Waals surface area contributed by atoms with Crippen LogP contribution >= 0.6 is 0 Å². The van der Waals surface area contributed by atoms with Gasteiger partial charge in [-0.2, -0.15) is 5.10 Å². The van der Waals surface area contributed by atoms with Crippen LogP contribution in [0, 0.1) is 0 Å². The van der Waals surface area contributed by atoms with E-state index in [1.807, 2.05) is 12.1 Å². The molecule has 0 spiro atoms. The van der Waals surface area contributed by atoms with Crippen molar-refractivity contribution in [1.82, 2.24) is 15.2 Å². The van der Waals surface area contributed by atoms with Crippen molar-refractivity contribution in [2.45, 2.75) is 25.7 Å². The zero-order valence-electron chi connectivity index (χ0n) is 11.4. The first kappa shape index (κ1) is 14.7. The number of carbonyl (C=O) groups excluding carboxylic acids is 1. The summed E-state index contributed by atoms with van der Waals surface area (Å²) in [6.45, 7) is 0. The van der Waals surface area contributed by atoms with Gasteiger partial charge in [0.05, 0.1) is 0 Å². The number of anilines is 1. The minimum Gasteiger partial charge on any atom is -0.481 e. The molecule has 110 valence electrons. The summed E-state index contributed by atoms with van der Waals surface area (Å²) >= 11 is 0. The molecule has 3 N–H and O–H groups in total. The maximum atomic E-state index is 11.8. The number of amides is 1. The number of nitrogens with one attached hydrogen (secondary N) is 2. The summed E-state index contributed by atoms with van der Waals surface area (Å²) in [5.74, 6) is -0.335. The largest absolute Gasteiger partial charge is 0.481 e. The van der Waals surface area contributed by atoms with Gasteiger partial charge >= 0.3 is 5.97 Å². The summed E-state index contributed by atoms with van der Waals surface area (Å²) in [5.41, 5.74) is 1.50. The predicted molar refractivity (Wildman–Crippen MR) is 76.6 cm³/mol. The van der Waals surface area contributed by atoms with Crippen LogP contribution in [-0.2, 0) is 9.59 Å². The van der Waals surface area contributed by atoms with Gasteiger partial charge in [-0.3, -0.25) is 14.7 Å². The molecule has 2 rings (SSSR count). The van der Waals surface area contributed by atoms with Crippen LogP contribution in [0.15, 0.2) is 30.6 Å².